The van der Waals surface area contributed by atoms with Crippen LogP contribution < -0.4 is 0 Å². The Hall–Kier alpha value is -1.71. The van der Waals surface area contributed by atoms with Gasteiger partial charge in [-0.3, -0.25) is 0 Å². The highest BCUT2D eigenvalue weighted by atomic mass is 16.4. The van der Waals surface area contributed by atoms with E-state index in [1.165, 1.54) is 12.8 Å². The second-order valence-corrected chi connectivity index (χ2v) is 4.31. The van der Waals surface area contributed by atoms with Crippen molar-refractivity contribution in [2.45, 2.75) is 32.6 Å². The first-order valence-electron chi connectivity index (χ1n) is 5.51. The first kappa shape index (κ1) is 9.51. The van der Waals surface area contributed by atoms with E-state index in [0.29, 0.717) is 17.5 Å². The summed E-state index contributed by atoms with van der Waals surface area (Å²) in [6, 6.07) is 1.95. The highest BCUT2D eigenvalue weighted by molar-refractivity contribution is 5.45. The second-order valence-electron chi connectivity index (χ2n) is 4.31. The molecule has 16 heavy (non-hydrogen) atoms. The molecule has 4 heteroatoms. The van der Waals surface area contributed by atoms with Gasteiger partial charge in [0.05, 0.1) is 6.20 Å². The van der Waals surface area contributed by atoms with Gasteiger partial charge in [-0.25, -0.2) is 15.0 Å². The number of oxazole rings is 1. The van der Waals surface area contributed by atoms with E-state index in [1.54, 1.807) is 6.20 Å². The van der Waals surface area contributed by atoms with Gasteiger partial charge in [0.25, 0.3) is 0 Å². The monoisotopic (exact) mass is 215 g/mol. The fourth-order valence-electron chi connectivity index (χ4n) is 1.75. The van der Waals surface area contributed by atoms with Gasteiger partial charge < -0.3 is 4.42 Å². The van der Waals surface area contributed by atoms with Crippen LogP contribution >= 0.6 is 0 Å². The molecule has 0 amide bonds. The van der Waals surface area contributed by atoms with Gasteiger partial charge >= 0.3 is 0 Å². The fourth-order valence-corrected chi connectivity index (χ4v) is 1.75. The lowest BCUT2D eigenvalue weighted by Gasteiger charge is -1.99. The molecule has 1 aliphatic carbocycles. The summed E-state index contributed by atoms with van der Waals surface area (Å²) in [5.41, 5.74) is 1.90. The van der Waals surface area contributed by atoms with Crippen molar-refractivity contribution in [2.24, 2.45) is 0 Å². The SMILES string of the molecule is Cc1cc(C)nc(-c2cnc(C3CC3)o2)n1. The smallest absolute Gasteiger partial charge is 0.198 e. The minimum absolute atomic E-state index is 0.527. The summed E-state index contributed by atoms with van der Waals surface area (Å²) in [7, 11) is 0. The van der Waals surface area contributed by atoms with Crippen LogP contribution in [0.3, 0.4) is 0 Å². The van der Waals surface area contributed by atoms with Crippen molar-refractivity contribution in [1.29, 1.82) is 0 Å². The van der Waals surface area contributed by atoms with Crippen molar-refractivity contribution < 1.29 is 4.42 Å². The maximum atomic E-state index is 5.67. The Kier molecular flexibility index (Phi) is 2.02. The Labute approximate surface area is 93.8 Å². The molecule has 0 N–H and O–H groups in total. The average molecular weight is 215 g/mol. The first-order valence-corrected chi connectivity index (χ1v) is 5.51. The standard InChI is InChI=1S/C12H13N3O/c1-7-5-8(2)15-11(14-7)10-6-13-12(16-10)9-3-4-9/h5-6,9H,3-4H2,1-2H3. The Morgan fingerprint density at radius 1 is 1.19 bits per heavy atom. The van der Waals surface area contributed by atoms with Crippen LogP contribution in [0.5, 0.6) is 0 Å². The van der Waals surface area contributed by atoms with Crippen molar-refractivity contribution in [1.82, 2.24) is 15.0 Å². The lowest BCUT2D eigenvalue weighted by Crippen LogP contribution is -1.93. The molecule has 0 aliphatic heterocycles. The normalized spacial score (nSPS) is 15.4. The third-order valence-corrected chi connectivity index (χ3v) is 2.65. The molecular weight excluding hydrogens is 202 g/mol. The van der Waals surface area contributed by atoms with E-state index < -0.39 is 0 Å². The van der Waals surface area contributed by atoms with E-state index in [9.17, 15) is 0 Å². The van der Waals surface area contributed by atoms with E-state index in [2.05, 4.69) is 15.0 Å². The van der Waals surface area contributed by atoms with Gasteiger partial charge in [-0.1, -0.05) is 0 Å². The predicted octanol–water partition coefficient (Wildman–Crippen LogP) is 2.63. The van der Waals surface area contributed by atoms with Crippen LogP contribution in [0, 0.1) is 13.8 Å². The van der Waals surface area contributed by atoms with Crippen LogP contribution in [0.1, 0.15) is 36.0 Å². The number of nitrogens with zero attached hydrogens (tertiary/aromatic N) is 3. The number of hydrogen-bond acceptors (Lipinski definition) is 4. The summed E-state index contributed by atoms with van der Waals surface area (Å²) in [6.45, 7) is 3.91. The summed E-state index contributed by atoms with van der Waals surface area (Å²) >= 11 is 0. The Morgan fingerprint density at radius 2 is 1.88 bits per heavy atom. The number of hydrogen-bond donors (Lipinski definition) is 0. The molecule has 82 valence electrons. The molecule has 2 heterocycles. The third kappa shape index (κ3) is 1.71. The molecule has 3 rings (SSSR count). The predicted molar refractivity (Wildman–Crippen MR) is 59.0 cm³/mol. The molecule has 0 radical (unpaired) electrons. The van der Waals surface area contributed by atoms with Crippen LogP contribution in [0.2, 0.25) is 0 Å². The molecule has 0 bridgehead atoms. The molecule has 0 aromatic carbocycles. The molecule has 1 aliphatic rings. The maximum absolute atomic E-state index is 5.67. The summed E-state index contributed by atoms with van der Waals surface area (Å²) < 4.78 is 5.67. The molecule has 0 spiro atoms. The summed E-state index contributed by atoms with van der Waals surface area (Å²) in [5.74, 6) is 2.67. The van der Waals surface area contributed by atoms with Crippen molar-refractivity contribution in [2.75, 3.05) is 0 Å². The topological polar surface area (TPSA) is 51.8 Å². The largest absolute Gasteiger partial charge is 0.437 e. The molecule has 0 saturated heterocycles. The third-order valence-electron chi connectivity index (χ3n) is 2.65. The Morgan fingerprint density at radius 3 is 2.50 bits per heavy atom. The van der Waals surface area contributed by atoms with Crippen molar-refractivity contribution in [3.05, 3.63) is 29.5 Å². The number of rotatable bonds is 2. The molecule has 2 aromatic heterocycles. The molecule has 4 nitrogen and oxygen atoms in total. The van der Waals surface area contributed by atoms with Gasteiger partial charge in [0.15, 0.2) is 17.5 Å². The molecule has 1 saturated carbocycles. The highest BCUT2D eigenvalue weighted by Crippen LogP contribution is 2.40. The summed E-state index contributed by atoms with van der Waals surface area (Å²) in [4.78, 5) is 13.0. The van der Waals surface area contributed by atoms with Crippen molar-refractivity contribution in [3.63, 3.8) is 0 Å². The van der Waals surface area contributed by atoms with Gasteiger partial charge in [-0.05, 0) is 32.8 Å². The molecule has 2 aromatic rings. The fraction of sp³-hybridized carbons (Fsp3) is 0.417. The van der Waals surface area contributed by atoms with Gasteiger partial charge in [0.2, 0.25) is 0 Å². The average Bonchev–Trinajstić information content (AvgIpc) is 2.95. The Balaban J connectivity index is 2.00. The zero-order chi connectivity index (χ0) is 11.1. The van der Waals surface area contributed by atoms with Crippen LogP contribution in [-0.2, 0) is 0 Å². The molecule has 0 unspecified atom stereocenters. The molecular formula is C12H13N3O. The van der Waals surface area contributed by atoms with Crippen molar-refractivity contribution in [3.8, 4) is 11.6 Å². The first-order chi connectivity index (χ1) is 7.72. The second kappa shape index (κ2) is 3.40. The van der Waals surface area contributed by atoms with E-state index in [-0.39, 0.29) is 0 Å². The zero-order valence-electron chi connectivity index (χ0n) is 9.40. The van der Waals surface area contributed by atoms with Gasteiger partial charge in [0.1, 0.15) is 0 Å². The van der Waals surface area contributed by atoms with E-state index >= 15 is 0 Å². The van der Waals surface area contributed by atoms with Gasteiger partial charge in [-0.15, -0.1) is 0 Å². The molecule has 1 fully saturated rings. The van der Waals surface area contributed by atoms with Crippen molar-refractivity contribution >= 4 is 0 Å². The van der Waals surface area contributed by atoms with Gasteiger partial charge in [-0.2, -0.15) is 0 Å². The summed E-state index contributed by atoms with van der Waals surface area (Å²) in [6.07, 6.45) is 4.10. The van der Waals surface area contributed by atoms with Crippen LogP contribution in [0.4, 0.5) is 0 Å². The number of aromatic nitrogens is 3. The lowest BCUT2D eigenvalue weighted by atomic mass is 10.3. The van der Waals surface area contributed by atoms with E-state index in [4.69, 9.17) is 4.42 Å². The van der Waals surface area contributed by atoms with Crippen LogP contribution in [-0.4, -0.2) is 15.0 Å². The highest BCUT2D eigenvalue weighted by Gasteiger charge is 2.28. The maximum Gasteiger partial charge on any atom is 0.198 e. The number of aryl methyl sites for hydroxylation is 2. The quantitative estimate of drug-likeness (QED) is 0.772. The lowest BCUT2D eigenvalue weighted by molar-refractivity contribution is 0.506. The van der Waals surface area contributed by atoms with E-state index in [1.807, 2.05) is 19.9 Å². The minimum atomic E-state index is 0.527. The van der Waals surface area contributed by atoms with E-state index in [0.717, 1.165) is 17.3 Å². The Bertz CT molecular complexity index is 509. The van der Waals surface area contributed by atoms with Crippen LogP contribution in [0.15, 0.2) is 16.7 Å². The minimum Gasteiger partial charge on any atom is -0.437 e. The van der Waals surface area contributed by atoms with Gasteiger partial charge in [0, 0.05) is 17.3 Å². The van der Waals surface area contributed by atoms with Crippen LogP contribution in [0.25, 0.3) is 11.6 Å². The zero-order valence-corrected chi connectivity index (χ0v) is 9.40. The molecule has 0 atom stereocenters. The summed E-state index contributed by atoms with van der Waals surface area (Å²) in [5, 5.41) is 0.